The van der Waals surface area contributed by atoms with Crippen molar-refractivity contribution in [1.82, 2.24) is 15.0 Å². The number of aromatic nitrogens is 3. The van der Waals surface area contributed by atoms with Crippen molar-refractivity contribution >= 4 is 51.0 Å². The van der Waals surface area contributed by atoms with Crippen molar-refractivity contribution in [2.75, 3.05) is 5.75 Å². The fourth-order valence-corrected chi connectivity index (χ4v) is 4.30. The summed E-state index contributed by atoms with van der Waals surface area (Å²) in [6.45, 7) is 1.84. The molecule has 3 aromatic heterocycles. The first-order valence-corrected chi connectivity index (χ1v) is 9.63. The Morgan fingerprint density at radius 1 is 1.38 bits per heavy atom. The van der Waals surface area contributed by atoms with E-state index in [0.29, 0.717) is 15.6 Å². The molecule has 3 heterocycles. The second-order valence-corrected chi connectivity index (χ2v) is 7.45. The number of carbonyl (C=O) groups is 1. The monoisotopic (exact) mass is 380 g/mol. The lowest BCUT2D eigenvalue weighted by Gasteiger charge is -2.04. The third kappa shape index (κ3) is 2.96. The van der Waals surface area contributed by atoms with Gasteiger partial charge >= 0.3 is 0 Å². The summed E-state index contributed by atoms with van der Waals surface area (Å²) in [4.78, 5) is 25.3. The van der Waals surface area contributed by atoms with Crippen LogP contribution in [0.15, 0.2) is 45.4 Å². The number of para-hydroxylation sites is 1. The Kier molecular flexibility index (Phi) is 4.41. The SMILES string of the molecule is Cc1csc(C(C#N)C(=O)CSc2ncnc3c2oc2ccccc23)n1. The van der Waals surface area contributed by atoms with E-state index in [0.717, 1.165) is 22.2 Å². The maximum atomic E-state index is 12.5. The standard InChI is InChI=1S/C18H12N4O2S2/c1-10-7-25-17(22-10)12(6-19)13(23)8-26-18-16-15(20-9-21-18)11-4-2-3-5-14(11)24-16/h2-5,7,9,12H,8H2,1H3. The van der Waals surface area contributed by atoms with E-state index in [-0.39, 0.29) is 11.5 Å². The van der Waals surface area contributed by atoms with Gasteiger partial charge in [0.1, 0.15) is 27.5 Å². The van der Waals surface area contributed by atoms with Crippen LogP contribution < -0.4 is 0 Å². The van der Waals surface area contributed by atoms with Gasteiger partial charge in [0.05, 0.1) is 11.8 Å². The Balaban J connectivity index is 1.60. The van der Waals surface area contributed by atoms with E-state index in [1.165, 1.54) is 29.4 Å². The lowest BCUT2D eigenvalue weighted by atomic mass is 10.1. The first-order chi connectivity index (χ1) is 12.7. The van der Waals surface area contributed by atoms with E-state index in [4.69, 9.17) is 4.42 Å². The van der Waals surface area contributed by atoms with E-state index in [1.54, 1.807) is 0 Å². The highest BCUT2D eigenvalue weighted by molar-refractivity contribution is 8.00. The lowest BCUT2D eigenvalue weighted by Crippen LogP contribution is -2.13. The van der Waals surface area contributed by atoms with Crippen LogP contribution in [0.4, 0.5) is 0 Å². The highest BCUT2D eigenvalue weighted by Crippen LogP contribution is 2.33. The number of ketones is 1. The fraction of sp³-hybridized carbons (Fsp3) is 0.167. The summed E-state index contributed by atoms with van der Waals surface area (Å²) in [6.07, 6.45) is 1.46. The van der Waals surface area contributed by atoms with E-state index in [1.807, 2.05) is 36.6 Å². The first-order valence-electron chi connectivity index (χ1n) is 7.77. The van der Waals surface area contributed by atoms with Crippen LogP contribution in [0.3, 0.4) is 0 Å². The van der Waals surface area contributed by atoms with E-state index < -0.39 is 5.92 Å². The molecule has 8 heteroatoms. The highest BCUT2D eigenvalue weighted by Gasteiger charge is 2.24. The molecule has 0 spiro atoms. The number of furan rings is 1. The molecule has 128 valence electrons. The molecular formula is C18H12N4O2S2. The molecule has 4 aromatic rings. The van der Waals surface area contributed by atoms with Crippen LogP contribution in [0, 0.1) is 18.3 Å². The molecule has 0 aliphatic heterocycles. The van der Waals surface area contributed by atoms with Gasteiger partial charge in [0.25, 0.3) is 0 Å². The van der Waals surface area contributed by atoms with Crippen LogP contribution in [-0.4, -0.2) is 26.5 Å². The number of hydrogen-bond acceptors (Lipinski definition) is 8. The summed E-state index contributed by atoms with van der Waals surface area (Å²) in [5.41, 5.74) is 2.82. The Morgan fingerprint density at radius 3 is 3.00 bits per heavy atom. The Morgan fingerprint density at radius 2 is 2.23 bits per heavy atom. The highest BCUT2D eigenvalue weighted by atomic mass is 32.2. The van der Waals surface area contributed by atoms with E-state index in [9.17, 15) is 10.1 Å². The molecule has 1 unspecified atom stereocenters. The van der Waals surface area contributed by atoms with Crippen molar-refractivity contribution in [3.05, 3.63) is 46.7 Å². The van der Waals surface area contributed by atoms with Crippen molar-refractivity contribution < 1.29 is 9.21 Å². The number of carbonyl (C=O) groups excluding carboxylic acids is 1. The van der Waals surface area contributed by atoms with Crippen LogP contribution in [0.25, 0.3) is 22.1 Å². The molecule has 0 saturated heterocycles. The molecule has 1 aromatic carbocycles. The van der Waals surface area contributed by atoms with Gasteiger partial charge in [-0.1, -0.05) is 23.9 Å². The summed E-state index contributed by atoms with van der Waals surface area (Å²) >= 11 is 2.58. The van der Waals surface area contributed by atoms with Gasteiger partial charge < -0.3 is 4.42 Å². The van der Waals surface area contributed by atoms with Gasteiger partial charge in [-0.3, -0.25) is 4.79 Å². The van der Waals surface area contributed by atoms with Gasteiger partial charge in [-0.05, 0) is 19.1 Å². The molecule has 0 aliphatic carbocycles. The second kappa shape index (κ2) is 6.86. The number of aryl methyl sites for hydroxylation is 1. The average molecular weight is 380 g/mol. The molecule has 26 heavy (non-hydrogen) atoms. The topological polar surface area (TPSA) is 92.7 Å². The number of fused-ring (bicyclic) bond motifs is 3. The number of thiazole rings is 1. The maximum Gasteiger partial charge on any atom is 0.186 e. The molecule has 0 bridgehead atoms. The van der Waals surface area contributed by atoms with Crippen molar-refractivity contribution in [1.29, 1.82) is 5.26 Å². The fourth-order valence-electron chi connectivity index (χ4n) is 2.60. The zero-order valence-electron chi connectivity index (χ0n) is 13.7. The minimum absolute atomic E-state index is 0.111. The molecule has 0 amide bonds. The van der Waals surface area contributed by atoms with Gasteiger partial charge in [-0.15, -0.1) is 11.3 Å². The van der Waals surface area contributed by atoms with Crippen LogP contribution >= 0.6 is 23.1 Å². The van der Waals surface area contributed by atoms with Gasteiger partial charge in [0.15, 0.2) is 17.3 Å². The van der Waals surface area contributed by atoms with Crippen LogP contribution in [0.2, 0.25) is 0 Å². The summed E-state index contributed by atoms with van der Waals surface area (Å²) in [5, 5.41) is 13.2. The summed E-state index contributed by atoms with van der Waals surface area (Å²) in [5.74, 6) is -0.941. The van der Waals surface area contributed by atoms with Crippen molar-refractivity contribution in [2.45, 2.75) is 17.9 Å². The second-order valence-electron chi connectivity index (χ2n) is 5.60. The smallest absolute Gasteiger partial charge is 0.186 e. The van der Waals surface area contributed by atoms with Gasteiger partial charge in [0.2, 0.25) is 0 Å². The van der Waals surface area contributed by atoms with Crippen LogP contribution in [0.5, 0.6) is 0 Å². The average Bonchev–Trinajstić information content (AvgIpc) is 3.24. The summed E-state index contributed by atoms with van der Waals surface area (Å²) < 4.78 is 5.86. The van der Waals surface area contributed by atoms with Gasteiger partial charge in [0, 0.05) is 16.5 Å². The predicted molar refractivity (Wildman–Crippen MR) is 100 cm³/mol. The van der Waals surface area contributed by atoms with Crippen molar-refractivity contribution in [3.63, 3.8) is 0 Å². The first kappa shape index (κ1) is 16.7. The molecular weight excluding hydrogens is 368 g/mol. The van der Waals surface area contributed by atoms with E-state index >= 15 is 0 Å². The van der Waals surface area contributed by atoms with E-state index in [2.05, 4.69) is 21.0 Å². The molecule has 0 N–H and O–H groups in total. The van der Waals surface area contributed by atoms with Crippen LogP contribution in [-0.2, 0) is 4.79 Å². The number of Topliss-reactive ketones (excluding diaryl/α,β-unsaturated/α-hetero) is 1. The number of thioether (sulfide) groups is 1. The minimum Gasteiger partial charge on any atom is -0.451 e. The Labute approximate surface area is 156 Å². The third-order valence-corrected chi connectivity index (χ3v) is 5.83. The number of nitrogens with zero attached hydrogens (tertiary/aromatic N) is 4. The zero-order valence-corrected chi connectivity index (χ0v) is 15.3. The van der Waals surface area contributed by atoms with Crippen molar-refractivity contribution in [2.24, 2.45) is 0 Å². The molecule has 0 aliphatic rings. The number of rotatable bonds is 5. The summed E-state index contributed by atoms with van der Waals surface area (Å²) in [6, 6.07) is 9.67. The number of benzene rings is 1. The molecule has 0 radical (unpaired) electrons. The normalized spacial score (nSPS) is 12.3. The summed E-state index contributed by atoms with van der Waals surface area (Å²) in [7, 11) is 0. The Bertz CT molecular complexity index is 1160. The molecule has 4 rings (SSSR count). The largest absolute Gasteiger partial charge is 0.451 e. The minimum atomic E-state index is -0.853. The number of hydrogen-bond donors (Lipinski definition) is 0. The van der Waals surface area contributed by atoms with Crippen LogP contribution in [0.1, 0.15) is 16.6 Å². The number of nitriles is 1. The lowest BCUT2D eigenvalue weighted by molar-refractivity contribution is -0.116. The third-order valence-electron chi connectivity index (χ3n) is 3.81. The Hall–Kier alpha value is -2.76. The molecule has 0 saturated carbocycles. The molecule has 1 atom stereocenters. The van der Waals surface area contributed by atoms with Gasteiger partial charge in [-0.2, -0.15) is 5.26 Å². The zero-order chi connectivity index (χ0) is 18.1. The maximum absolute atomic E-state index is 12.5. The predicted octanol–water partition coefficient (Wildman–Crippen LogP) is 4.11. The molecule has 6 nitrogen and oxygen atoms in total. The quantitative estimate of drug-likeness (QED) is 0.380. The van der Waals surface area contributed by atoms with Gasteiger partial charge in [-0.25, -0.2) is 15.0 Å². The molecule has 0 fully saturated rings. The van der Waals surface area contributed by atoms with Crippen molar-refractivity contribution in [3.8, 4) is 6.07 Å².